The van der Waals surface area contributed by atoms with Gasteiger partial charge in [0.25, 0.3) is 0 Å². The average molecular weight is 299 g/mol. The SMILES string of the molecule is CNc1ccc(S(=O)(=O)N2CCC(COC)CC2)cn1. The topological polar surface area (TPSA) is 71.5 Å². The number of sulfonamides is 1. The number of ether oxygens (including phenoxy) is 1. The van der Waals surface area contributed by atoms with E-state index in [1.54, 1.807) is 26.3 Å². The van der Waals surface area contributed by atoms with Crippen molar-refractivity contribution in [2.24, 2.45) is 5.92 Å². The number of hydrogen-bond acceptors (Lipinski definition) is 5. The van der Waals surface area contributed by atoms with Crippen LogP contribution >= 0.6 is 0 Å². The molecule has 1 aromatic heterocycles. The summed E-state index contributed by atoms with van der Waals surface area (Å²) in [6.07, 6.45) is 3.09. The van der Waals surface area contributed by atoms with Crippen LogP contribution in [-0.2, 0) is 14.8 Å². The lowest BCUT2D eigenvalue weighted by Gasteiger charge is -2.30. The van der Waals surface area contributed by atoms with Crippen molar-refractivity contribution in [2.75, 3.05) is 39.2 Å². The van der Waals surface area contributed by atoms with Crippen LogP contribution in [0, 0.1) is 5.92 Å². The molecule has 0 saturated carbocycles. The maximum Gasteiger partial charge on any atom is 0.244 e. The molecule has 112 valence electrons. The maximum atomic E-state index is 12.5. The fraction of sp³-hybridized carbons (Fsp3) is 0.615. The number of aromatic nitrogens is 1. The fourth-order valence-electron chi connectivity index (χ4n) is 2.38. The van der Waals surface area contributed by atoms with Crippen LogP contribution in [0.4, 0.5) is 5.82 Å². The molecule has 1 fully saturated rings. The van der Waals surface area contributed by atoms with E-state index < -0.39 is 10.0 Å². The third-order valence-corrected chi connectivity index (χ3v) is 5.49. The van der Waals surface area contributed by atoms with Crippen LogP contribution in [0.5, 0.6) is 0 Å². The zero-order chi connectivity index (χ0) is 14.6. The Morgan fingerprint density at radius 3 is 2.60 bits per heavy atom. The van der Waals surface area contributed by atoms with E-state index in [9.17, 15) is 8.42 Å². The second-order valence-corrected chi connectivity index (χ2v) is 6.87. The van der Waals surface area contributed by atoms with E-state index in [1.807, 2.05) is 0 Å². The van der Waals surface area contributed by atoms with Crippen LogP contribution in [0.2, 0.25) is 0 Å². The Hall–Kier alpha value is -1.18. The molecule has 2 heterocycles. The third kappa shape index (κ3) is 3.28. The molecule has 1 aromatic rings. The minimum absolute atomic E-state index is 0.252. The van der Waals surface area contributed by atoms with Crippen LogP contribution < -0.4 is 5.32 Å². The van der Waals surface area contributed by atoms with Crippen molar-refractivity contribution in [2.45, 2.75) is 17.7 Å². The van der Waals surface area contributed by atoms with Gasteiger partial charge >= 0.3 is 0 Å². The molecule has 6 nitrogen and oxygen atoms in total. The Morgan fingerprint density at radius 2 is 2.10 bits per heavy atom. The average Bonchev–Trinajstić information content (AvgIpc) is 2.48. The largest absolute Gasteiger partial charge is 0.384 e. The van der Waals surface area contributed by atoms with Crippen molar-refractivity contribution >= 4 is 15.8 Å². The van der Waals surface area contributed by atoms with E-state index in [0.717, 1.165) is 12.8 Å². The van der Waals surface area contributed by atoms with Crippen LogP contribution in [-0.4, -0.2) is 51.6 Å². The number of nitrogens with one attached hydrogen (secondary N) is 1. The third-order valence-electron chi connectivity index (χ3n) is 3.61. The van der Waals surface area contributed by atoms with Gasteiger partial charge in [-0.05, 0) is 30.9 Å². The monoisotopic (exact) mass is 299 g/mol. The van der Waals surface area contributed by atoms with E-state index >= 15 is 0 Å². The molecule has 0 unspecified atom stereocenters. The molecule has 2 rings (SSSR count). The van der Waals surface area contributed by atoms with Crippen molar-refractivity contribution in [3.05, 3.63) is 18.3 Å². The van der Waals surface area contributed by atoms with Crippen molar-refractivity contribution in [3.8, 4) is 0 Å². The lowest BCUT2D eigenvalue weighted by Crippen LogP contribution is -2.39. The fourth-order valence-corrected chi connectivity index (χ4v) is 3.80. The van der Waals surface area contributed by atoms with Crippen LogP contribution in [0.25, 0.3) is 0 Å². The minimum atomic E-state index is -3.42. The maximum absolute atomic E-state index is 12.5. The lowest BCUT2D eigenvalue weighted by molar-refractivity contribution is 0.121. The van der Waals surface area contributed by atoms with E-state index in [1.165, 1.54) is 10.5 Å². The summed E-state index contributed by atoms with van der Waals surface area (Å²) in [7, 11) is 0.00264. The second-order valence-electron chi connectivity index (χ2n) is 4.93. The van der Waals surface area contributed by atoms with Gasteiger partial charge in [0.05, 0.1) is 0 Å². The second kappa shape index (κ2) is 6.51. The molecule has 0 atom stereocenters. The molecule has 7 heteroatoms. The molecule has 1 aliphatic heterocycles. The van der Waals surface area contributed by atoms with Gasteiger partial charge in [0.1, 0.15) is 10.7 Å². The highest BCUT2D eigenvalue weighted by molar-refractivity contribution is 7.89. The number of rotatable bonds is 5. The van der Waals surface area contributed by atoms with Gasteiger partial charge < -0.3 is 10.1 Å². The summed E-state index contributed by atoms with van der Waals surface area (Å²) >= 11 is 0. The zero-order valence-corrected chi connectivity index (χ0v) is 12.7. The molecule has 0 radical (unpaired) electrons. The molecular weight excluding hydrogens is 278 g/mol. The van der Waals surface area contributed by atoms with Gasteiger partial charge in [-0.1, -0.05) is 0 Å². The molecule has 0 amide bonds. The standard InChI is InChI=1S/C13H21N3O3S/c1-14-13-4-3-12(9-15-13)20(17,18)16-7-5-11(6-8-16)10-19-2/h3-4,9,11H,5-8,10H2,1-2H3,(H,14,15). The molecule has 1 N–H and O–H groups in total. The molecule has 1 aliphatic rings. The Balaban J connectivity index is 2.07. The smallest absolute Gasteiger partial charge is 0.244 e. The highest BCUT2D eigenvalue weighted by Crippen LogP contribution is 2.23. The van der Waals surface area contributed by atoms with Crippen molar-refractivity contribution in [1.29, 1.82) is 0 Å². The van der Waals surface area contributed by atoms with Gasteiger partial charge in [-0.15, -0.1) is 0 Å². The minimum Gasteiger partial charge on any atom is -0.384 e. The lowest BCUT2D eigenvalue weighted by atomic mass is 9.99. The molecular formula is C13H21N3O3S. The summed E-state index contributed by atoms with van der Waals surface area (Å²) in [5, 5.41) is 2.87. The summed E-state index contributed by atoms with van der Waals surface area (Å²) in [5.41, 5.74) is 0. The molecule has 20 heavy (non-hydrogen) atoms. The van der Waals surface area contributed by atoms with Gasteiger partial charge in [-0.3, -0.25) is 0 Å². The van der Waals surface area contributed by atoms with Crippen molar-refractivity contribution < 1.29 is 13.2 Å². The van der Waals surface area contributed by atoms with Crippen molar-refractivity contribution in [1.82, 2.24) is 9.29 Å². The summed E-state index contributed by atoms with van der Waals surface area (Å²) in [6.45, 7) is 1.79. The predicted octanol–water partition coefficient (Wildman–Crippen LogP) is 1.17. The van der Waals surface area contributed by atoms with Crippen LogP contribution in [0.1, 0.15) is 12.8 Å². The number of nitrogens with zero attached hydrogens (tertiary/aromatic N) is 2. The van der Waals surface area contributed by atoms with E-state index in [-0.39, 0.29) is 4.90 Å². The van der Waals surface area contributed by atoms with Crippen molar-refractivity contribution in [3.63, 3.8) is 0 Å². The molecule has 0 bridgehead atoms. The Bertz CT molecular complexity index is 522. The number of hydrogen-bond donors (Lipinski definition) is 1. The van der Waals surface area contributed by atoms with Gasteiger partial charge in [-0.2, -0.15) is 4.31 Å². The number of piperidine rings is 1. The number of pyridine rings is 1. The first-order chi connectivity index (χ1) is 9.57. The summed E-state index contributed by atoms with van der Waals surface area (Å²) < 4.78 is 31.6. The first kappa shape index (κ1) is 15.2. The van der Waals surface area contributed by atoms with Crippen LogP contribution in [0.15, 0.2) is 23.2 Å². The molecule has 0 aromatic carbocycles. The number of anilines is 1. The Morgan fingerprint density at radius 1 is 1.40 bits per heavy atom. The Labute approximate surface area is 120 Å². The van der Waals surface area contributed by atoms with Gasteiger partial charge in [0.15, 0.2) is 0 Å². The summed E-state index contributed by atoms with van der Waals surface area (Å²) in [6, 6.07) is 3.26. The van der Waals surface area contributed by atoms with Gasteiger partial charge in [0.2, 0.25) is 10.0 Å². The number of methoxy groups -OCH3 is 1. The molecule has 0 aliphatic carbocycles. The summed E-state index contributed by atoms with van der Waals surface area (Å²) in [5.74, 6) is 1.11. The Kier molecular flexibility index (Phi) is 4.95. The summed E-state index contributed by atoms with van der Waals surface area (Å²) in [4.78, 5) is 4.32. The van der Waals surface area contributed by atoms with E-state index in [0.29, 0.717) is 31.4 Å². The highest BCUT2D eigenvalue weighted by Gasteiger charge is 2.29. The van der Waals surface area contributed by atoms with Gasteiger partial charge in [-0.25, -0.2) is 13.4 Å². The highest BCUT2D eigenvalue weighted by atomic mass is 32.2. The zero-order valence-electron chi connectivity index (χ0n) is 11.9. The quantitative estimate of drug-likeness (QED) is 0.883. The molecule has 0 spiro atoms. The van der Waals surface area contributed by atoms with E-state index in [4.69, 9.17) is 4.74 Å². The van der Waals surface area contributed by atoms with Crippen LogP contribution in [0.3, 0.4) is 0 Å². The first-order valence-electron chi connectivity index (χ1n) is 6.71. The predicted molar refractivity (Wildman–Crippen MR) is 77.1 cm³/mol. The van der Waals surface area contributed by atoms with Gasteiger partial charge in [0, 0.05) is 40.1 Å². The molecule has 1 saturated heterocycles. The normalized spacial score (nSPS) is 18.1. The van der Waals surface area contributed by atoms with E-state index in [2.05, 4.69) is 10.3 Å². The first-order valence-corrected chi connectivity index (χ1v) is 8.15.